The molecule has 2 aromatic heterocycles. The molecule has 1 aromatic carbocycles. The summed E-state index contributed by atoms with van der Waals surface area (Å²) in [5.41, 5.74) is 4.09. The van der Waals surface area contributed by atoms with E-state index in [-0.39, 0.29) is 0 Å². The molecule has 0 aliphatic rings. The van der Waals surface area contributed by atoms with E-state index in [0.717, 1.165) is 35.6 Å². The molecule has 0 amide bonds. The SMILES string of the molecule is CCNCc1cncc(-c2cnnn2-c2ccccc2)c1. The highest BCUT2D eigenvalue weighted by Gasteiger charge is 2.09. The topological polar surface area (TPSA) is 55.6 Å². The highest BCUT2D eigenvalue weighted by Crippen LogP contribution is 2.21. The Morgan fingerprint density at radius 3 is 2.76 bits per heavy atom. The number of pyridine rings is 1. The van der Waals surface area contributed by atoms with Gasteiger partial charge in [-0.05, 0) is 30.3 Å². The first-order chi connectivity index (χ1) is 10.4. The van der Waals surface area contributed by atoms with Gasteiger partial charge in [0.1, 0.15) is 0 Å². The van der Waals surface area contributed by atoms with Gasteiger partial charge < -0.3 is 5.32 Å². The first-order valence-corrected chi connectivity index (χ1v) is 6.99. The van der Waals surface area contributed by atoms with E-state index < -0.39 is 0 Å². The molecule has 3 rings (SSSR count). The molecule has 2 heterocycles. The van der Waals surface area contributed by atoms with Crippen molar-refractivity contribution in [3.05, 3.63) is 60.6 Å². The summed E-state index contributed by atoms with van der Waals surface area (Å²) < 4.78 is 1.83. The van der Waals surface area contributed by atoms with Gasteiger partial charge in [-0.1, -0.05) is 30.3 Å². The predicted molar refractivity (Wildman–Crippen MR) is 82.0 cm³/mol. The van der Waals surface area contributed by atoms with Crippen LogP contribution < -0.4 is 5.32 Å². The molecule has 0 saturated heterocycles. The van der Waals surface area contributed by atoms with Crippen molar-refractivity contribution in [3.63, 3.8) is 0 Å². The Morgan fingerprint density at radius 1 is 1.10 bits per heavy atom. The van der Waals surface area contributed by atoms with E-state index in [9.17, 15) is 0 Å². The fraction of sp³-hybridized carbons (Fsp3) is 0.188. The van der Waals surface area contributed by atoms with Crippen molar-refractivity contribution < 1.29 is 0 Å². The summed E-state index contributed by atoms with van der Waals surface area (Å²) in [4.78, 5) is 4.32. The molecule has 0 aliphatic carbocycles. The maximum absolute atomic E-state index is 4.32. The van der Waals surface area contributed by atoms with Crippen LogP contribution in [-0.2, 0) is 6.54 Å². The predicted octanol–water partition coefficient (Wildman–Crippen LogP) is 2.44. The Balaban J connectivity index is 1.97. The molecule has 0 atom stereocenters. The van der Waals surface area contributed by atoms with Crippen molar-refractivity contribution in [2.45, 2.75) is 13.5 Å². The van der Waals surface area contributed by atoms with Crippen LogP contribution >= 0.6 is 0 Å². The number of rotatable bonds is 5. The lowest BCUT2D eigenvalue weighted by atomic mass is 10.1. The minimum atomic E-state index is 0.810. The van der Waals surface area contributed by atoms with Crippen LogP contribution in [0.2, 0.25) is 0 Å². The van der Waals surface area contributed by atoms with E-state index in [1.807, 2.05) is 47.4 Å². The summed E-state index contributed by atoms with van der Waals surface area (Å²) in [6, 6.07) is 12.1. The summed E-state index contributed by atoms with van der Waals surface area (Å²) in [6.45, 7) is 3.84. The molecular formula is C16H17N5. The van der Waals surface area contributed by atoms with Gasteiger partial charge in [0.25, 0.3) is 0 Å². The third-order valence-corrected chi connectivity index (χ3v) is 3.22. The summed E-state index contributed by atoms with van der Waals surface area (Å²) in [6.07, 6.45) is 5.48. The number of hydrogen-bond donors (Lipinski definition) is 1. The van der Waals surface area contributed by atoms with Crippen molar-refractivity contribution in [2.24, 2.45) is 0 Å². The smallest absolute Gasteiger partial charge is 0.0959 e. The molecule has 3 aromatic rings. The molecule has 106 valence electrons. The number of hydrogen-bond acceptors (Lipinski definition) is 4. The molecule has 0 fully saturated rings. The lowest BCUT2D eigenvalue weighted by Gasteiger charge is -2.07. The van der Waals surface area contributed by atoms with Gasteiger partial charge in [-0.15, -0.1) is 5.10 Å². The first kappa shape index (κ1) is 13.5. The average molecular weight is 279 g/mol. The quantitative estimate of drug-likeness (QED) is 0.779. The fourth-order valence-corrected chi connectivity index (χ4v) is 2.19. The second-order valence-electron chi connectivity index (χ2n) is 4.73. The summed E-state index contributed by atoms with van der Waals surface area (Å²) in [5, 5.41) is 11.5. The molecular weight excluding hydrogens is 262 g/mol. The van der Waals surface area contributed by atoms with E-state index in [1.165, 1.54) is 0 Å². The molecule has 0 bridgehead atoms. The molecule has 5 heteroatoms. The van der Waals surface area contributed by atoms with E-state index in [0.29, 0.717) is 0 Å². The molecule has 1 N–H and O–H groups in total. The van der Waals surface area contributed by atoms with Crippen LogP contribution in [0.5, 0.6) is 0 Å². The maximum atomic E-state index is 4.32. The highest BCUT2D eigenvalue weighted by molar-refractivity contribution is 5.60. The average Bonchev–Trinajstić information content (AvgIpc) is 3.04. The fourth-order valence-electron chi connectivity index (χ4n) is 2.19. The van der Waals surface area contributed by atoms with Crippen molar-refractivity contribution in [2.75, 3.05) is 6.54 Å². The molecule has 21 heavy (non-hydrogen) atoms. The van der Waals surface area contributed by atoms with Gasteiger partial charge >= 0.3 is 0 Å². The van der Waals surface area contributed by atoms with Crippen LogP contribution in [0.3, 0.4) is 0 Å². The third kappa shape index (κ3) is 2.98. The minimum Gasteiger partial charge on any atom is -0.313 e. The molecule has 0 aliphatic heterocycles. The van der Waals surface area contributed by atoms with Crippen LogP contribution in [0, 0.1) is 0 Å². The Kier molecular flexibility index (Phi) is 4.02. The lowest BCUT2D eigenvalue weighted by Crippen LogP contribution is -2.12. The molecule has 0 unspecified atom stereocenters. The Bertz CT molecular complexity index is 705. The zero-order chi connectivity index (χ0) is 14.5. The van der Waals surface area contributed by atoms with Gasteiger partial charge in [0.15, 0.2) is 0 Å². The second-order valence-corrected chi connectivity index (χ2v) is 4.73. The van der Waals surface area contributed by atoms with Crippen molar-refractivity contribution in [3.8, 4) is 16.9 Å². The summed E-state index contributed by atoms with van der Waals surface area (Å²) >= 11 is 0. The Morgan fingerprint density at radius 2 is 1.95 bits per heavy atom. The van der Waals surface area contributed by atoms with Gasteiger partial charge in [-0.2, -0.15) is 0 Å². The monoisotopic (exact) mass is 279 g/mol. The van der Waals surface area contributed by atoms with E-state index >= 15 is 0 Å². The molecule has 5 nitrogen and oxygen atoms in total. The highest BCUT2D eigenvalue weighted by atomic mass is 15.4. The van der Waals surface area contributed by atoms with Crippen LogP contribution in [-0.4, -0.2) is 26.5 Å². The molecule has 0 radical (unpaired) electrons. The van der Waals surface area contributed by atoms with Crippen LogP contribution in [0.25, 0.3) is 16.9 Å². The number of benzene rings is 1. The zero-order valence-electron chi connectivity index (χ0n) is 11.9. The Labute approximate surface area is 123 Å². The zero-order valence-corrected chi connectivity index (χ0v) is 11.9. The number of nitrogens with zero attached hydrogens (tertiary/aromatic N) is 4. The van der Waals surface area contributed by atoms with E-state index in [4.69, 9.17) is 0 Å². The van der Waals surface area contributed by atoms with Gasteiger partial charge in [-0.3, -0.25) is 4.98 Å². The first-order valence-electron chi connectivity index (χ1n) is 6.99. The third-order valence-electron chi connectivity index (χ3n) is 3.22. The number of nitrogens with one attached hydrogen (secondary N) is 1. The van der Waals surface area contributed by atoms with Gasteiger partial charge in [0.05, 0.1) is 17.6 Å². The Hall–Kier alpha value is -2.53. The maximum Gasteiger partial charge on any atom is 0.0959 e. The van der Waals surface area contributed by atoms with Crippen LogP contribution in [0.4, 0.5) is 0 Å². The van der Waals surface area contributed by atoms with Gasteiger partial charge in [-0.25, -0.2) is 4.68 Å². The van der Waals surface area contributed by atoms with E-state index in [2.05, 4.69) is 33.6 Å². The van der Waals surface area contributed by atoms with Gasteiger partial charge in [0, 0.05) is 24.5 Å². The van der Waals surface area contributed by atoms with Gasteiger partial charge in [0.2, 0.25) is 0 Å². The minimum absolute atomic E-state index is 0.810. The van der Waals surface area contributed by atoms with Crippen molar-refractivity contribution >= 4 is 0 Å². The van der Waals surface area contributed by atoms with Crippen LogP contribution in [0.15, 0.2) is 55.0 Å². The van der Waals surface area contributed by atoms with Crippen molar-refractivity contribution in [1.29, 1.82) is 0 Å². The largest absolute Gasteiger partial charge is 0.313 e. The number of aromatic nitrogens is 4. The van der Waals surface area contributed by atoms with Crippen LogP contribution in [0.1, 0.15) is 12.5 Å². The normalized spacial score (nSPS) is 10.7. The molecule has 0 saturated carbocycles. The molecule has 0 spiro atoms. The second kappa shape index (κ2) is 6.28. The summed E-state index contributed by atoms with van der Waals surface area (Å²) in [7, 11) is 0. The number of para-hydroxylation sites is 1. The standard InChI is InChI=1S/C16H17N5/c1-2-17-9-13-8-14(11-18-10-13)16-12-19-20-21(16)15-6-4-3-5-7-15/h3-8,10-12,17H,2,9H2,1H3. The van der Waals surface area contributed by atoms with Crippen molar-refractivity contribution in [1.82, 2.24) is 25.3 Å². The van der Waals surface area contributed by atoms with E-state index in [1.54, 1.807) is 6.20 Å². The lowest BCUT2D eigenvalue weighted by molar-refractivity contribution is 0.724. The summed E-state index contributed by atoms with van der Waals surface area (Å²) in [5.74, 6) is 0.